The van der Waals surface area contributed by atoms with E-state index in [0.29, 0.717) is 22.1 Å². The molecule has 3 rings (SSSR count). The molecule has 0 atom stereocenters. The molecule has 0 saturated carbocycles. The number of aryl methyl sites for hydroxylation is 1. The Morgan fingerprint density at radius 2 is 1.92 bits per heavy atom. The molecule has 0 unspecified atom stereocenters. The van der Waals surface area contributed by atoms with Gasteiger partial charge in [0.25, 0.3) is 5.91 Å². The van der Waals surface area contributed by atoms with Crippen LogP contribution in [0.1, 0.15) is 16.1 Å². The molecule has 0 spiro atoms. The molecule has 0 radical (unpaired) electrons. The number of benzene rings is 2. The van der Waals surface area contributed by atoms with Crippen molar-refractivity contribution in [2.75, 3.05) is 10.6 Å². The Morgan fingerprint density at radius 3 is 2.60 bits per heavy atom. The Balaban J connectivity index is 1.70. The lowest BCUT2D eigenvalue weighted by Gasteiger charge is -2.09. The standard InChI is InChI=1S/C19H15ClFN3O/c1-12-9-13(20)5-7-17(12)24-19(25)18-8-6-16(11-22-18)23-15-4-2-3-14(21)10-15/h2-11,23H,1H3,(H,24,25). The average molecular weight is 356 g/mol. The molecule has 0 aliphatic rings. The summed E-state index contributed by atoms with van der Waals surface area (Å²) in [6.45, 7) is 1.86. The average Bonchev–Trinajstić information content (AvgIpc) is 2.58. The summed E-state index contributed by atoms with van der Waals surface area (Å²) in [6, 6.07) is 14.6. The lowest BCUT2D eigenvalue weighted by molar-refractivity contribution is 0.102. The normalized spacial score (nSPS) is 10.4. The van der Waals surface area contributed by atoms with E-state index in [1.54, 1.807) is 42.5 Å². The molecule has 1 aromatic heterocycles. The molecule has 0 aliphatic heterocycles. The van der Waals surface area contributed by atoms with Gasteiger partial charge in [-0.2, -0.15) is 0 Å². The molecule has 2 aromatic carbocycles. The van der Waals surface area contributed by atoms with Crippen LogP contribution in [0, 0.1) is 12.7 Å². The van der Waals surface area contributed by atoms with Crippen LogP contribution in [0.2, 0.25) is 5.02 Å². The number of aromatic nitrogens is 1. The first kappa shape index (κ1) is 16.9. The van der Waals surface area contributed by atoms with Crippen LogP contribution >= 0.6 is 11.6 Å². The zero-order valence-electron chi connectivity index (χ0n) is 13.4. The van der Waals surface area contributed by atoms with E-state index in [-0.39, 0.29) is 17.4 Å². The molecule has 1 heterocycles. The number of amides is 1. The van der Waals surface area contributed by atoms with Gasteiger partial charge >= 0.3 is 0 Å². The van der Waals surface area contributed by atoms with E-state index < -0.39 is 0 Å². The van der Waals surface area contributed by atoms with Crippen LogP contribution in [0.4, 0.5) is 21.5 Å². The SMILES string of the molecule is Cc1cc(Cl)ccc1NC(=O)c1ccc(Nc2cccc(F)c2)cn1. The van der Waals surface area contributed by atoms with E-state index in [1.807, 2.05) is 6.92 Å². The molecule has 25 heavy (non-hydrogen) atoms. The predicted molar refractivity (Wildman–Crippen MR) is 98.1 cm³/mol. The summed E-state index contributed by atoms with van der Waals surface area (Å²) in [5.41, 5.74) is 3.09. The topological polar surface area (TPSA) is 54.0 Å². The third kappa shape index (κ3) is 4.33. The van der Waals surface area contributed by atoms with Crippen LogP contribution in [0.15, 0.2) is 60.8 Å². The maximum absolute atomic E-state index is 13.2. The lowest BCUT2D eigenvalue weighted by Crippen LogP contribution is -2.14. The van der Waals surface area contributed by atoms with Gasteiger partial charge in [0.1, 0.15) is 11.5 Å². The molecule has 0 fully saturated rings. The molecular weight excluding hydrogens is 341 g/mol. The van der Waals surface area contributed by atoms with Crippen molar-refractivity contribution in [1.29, 1.82) is 0 Å². The van der Waals surface area contributed by atoms with Gasteiger partial charge < -0.3 is 10.6 Å². The van der Waals surface area contributed by atoms with Crippen molar-refractivity contribution < 1.29 is 9.18 Å². The Morgan fingerprint density at radius 1 is 1.08 bits per heavy atom. The fourth-order valence-corrected chi connectivity index (χ4v) is 2.52. The Hall–Kier alpha value is -2.92. The molecule has 1 amide bonds. The second-order valence-electron chi connectivity index (χ2n) is 5.48. The van der Waals surface area contributed by atoms with Gasteiger partial charge in [0.15, 0.2) is 0 Å². The summed E-state index contributed by atoms with van der Waals surface area (Å²) < 4.78 is 13.2. The number of carbonyl (C=O) groups is 1. The number of halogens is 2. The highest BCUT2D eigenvalue weighted by molar-refractivity contribution is 6.30. The van der Waals surface area contributed by atoms with Crippen molar-refractivity contribution in [1.82, 2.24) is 4.98 Å². The quantitative estimate of drug-likeness (QED) is 0.678. The molecule has 0 aliphatic carbocycles. The minimum Gasteiger partial charge on any atom is -0.354 e. The molecule has 2 N–H and O–H groups in total. The number of hydrogen-bond donors (Lipinski definition) is 2. The molecular formula is C19H15ClFN3O. The highest BCUT2D eigenvalue weighted by Crippen LogP contribution is 2.21. The Bertz CT molecular complexity index is 913. The van der Waals surface area contributed by atoms with Gasteiger partial charge in [0.2, 0.25) is 0 Å². The maximum atomic E-state index is 13.2. The van der Waals surface area contributed by atoms with Crippen molar-refractivity contribution in [3.63, 3.8) is 0 Å². The number of pyridine rings is 1. The summed E-state index contributed by atoms with van der Waals surface area (Å²) in [4.78, 5) is 16.4. The van der Waals surface area contributed by atoms with Crippen LogP contribution in [-0.2, 0) is 0 Å². The summed E-state index contributed by atoms with van der Waals surface area (Å²) >= 11 is 5.91. The molecule has 126 valence electrons. The predicted octanol–water partition coefficient (Wildman–Crippen LogP) is 5.18. The monoisotopic (exact) mass is 355 g/mol. The van der Waals surface area contributed by atoms with Crippen molar-refractivity contribution in [2.24, 2.45) is 0 Å². The van der Waals surface area contributed by atoms with Crippen LogP contribution in [0.5, 0.6) is 0 Å². The van der Waals surface area contributed by atoms with Crippen molar-refractivity contribution in [3.05, 3.63) is 82.9 Å². The highest BCUT2D eigenvalue weighted by atomic mass is 35.5. The van der Waals surface area contributed by atoms with Gasteiger partial charge in [0, 0.05) is 16.4 Å². The first-order valence-electron chi connectivity index (χ1n) is 7.57. The first-order valence-corrected chi connectivity index (χ1v) is 7.95. The van der Waals surface area contributed by atoms with Gasteiger partial charge in [-0.25, -0.2) is 9.37 Å². The first-order chi connectivity index (χ1) is 12.0. The third-order valence-corrected chi connectivity index (χ3v) is 3.78. The van der Waals surface area contributed by atoms with Crippen LogP contribution < -0.4 is 10.6 Å². The van der Waals surface area contributed by atoms with Crippen LogP contribution in [-0.4, -0.2) is 10.9 Å². The summed E-state index contributed by atoms with van der Waals surface area (Å²) in [5.74, 6) is -0.644. The molecule has 0 saturated heterocycles. The van der Waals surface area contributed by atoms with Gasteiger partial charge in [-0.05, 0) is 61.0 Å². The third-order valence-electron chi connectivity index (χ3n) is 3.55. The summed E-state index contributed by atoms with van der Waals surface area (Å²) in [6.07, 6.45) is 1.52. The lowest BCUT2D eigenvalue weighted by atomic mass is 10.2. The van der Waals surface area contributed by atoms with Crippen molar-refractivity contribution in [3.8, 4) is 0 Å². The molecule has 0 bridgehead atoms. The summed E-state index contributed by atoms with van der Waals surface area (Å²) in [7, 11) is 0. The zero-order chi connectivity index (χ0) is 17.8. The highest BCUT2D eigenvalue weighted by Gasteiger charge is 2.09. The van der Waals surface area contributed by atoms with E-state index in [1.165, 1.54) is 18.3 Å². The van der Waals surface area contributed by atoms with E-state index in [4.69, 9.17) is 11.6 Å². The van der Waals surface area contributed by atoms with Crippen LogP contribution in [0.25, 0.3) is 0 Å². The number of carbonyl (C=O) groups excluding carboxylic acids is 1. The van der Waals surface area contributed by atoms with Crippen molar-refractivity contribution in [2.45, 2.75) is 6.92 Å². The van der Waals surface area contributed by atoms with Gasteiger partial charge in [0.05, 0.1) is 11.9 Å². The number of nitrogens with zero attached hydrogens (tertiary/aromatic N) is 1. The van der Waals surface area contributed by atoms with Gasteiger partial charge in [-0.3, -0.25) is 4.79 Å². The maximum Gasteiger partial charge on any atom is 0.274 e. The smallest absolute Gasteiger partial charge is 0.274 e. The second-order valence-corrected chi connectivity index (χ2v) is 5.92. The number of nitrogens with one attached hydrogen (secondary N) is 2. The molecule has 4 nitrogen and oxygen atoms in total. The summed E-state index contributed by atoms with van der Waals surface area (Å²) in [5, 5.41) is 6.44. The fraction of sp³-hybridized carbons (Fsp3) is 0.0526. The number of anilines is 3. The number of hydrogen-bond acceptors (Lipinski definition) is 3. The van der Waals surface area contributed by atoms with E-state index in [9.17, 15) is 9.18 Å². The number of rotatable bonds is 4. The van der Waals surface area contributed by atoms with E-state index in [0.717, 1.165) is 5.56 Å². The zero-order valence-corrected chi connectivity index (χ0v) is 14.1. The Kier molecular flexibility index (Phi) is 4.95. The minimum atomic E-state index is -0.327. The minimum absolute atomic E-state index is 0.277. The van der Waals surface area contributed by atoms with Gasteiger partial charge in [-0.15, -0.1) is 0 Å². The van der Waals surface area contributed by atoms with Gasteiger partial charge in [-0.1, -0.05) is 17.7 Å². The second kappa shape index (κ2) is 7.32. The largest absolute Gasteiger partial charge is 0.354 e. The van der Waals surface area contributed by atoms with Crippen molar-refractivity contribution >= 4 is 34.6 Å². The Labute approximate surface area is 149 Å². The van der Waals surface area contributed by atoms with Crippen LogP contribution in [0.3, 0.4) is 0 Å². The molecule has 3 aromatic rings. The van der Waals surface area contributed by atoms with E-state index >= 15 is 0 Å². The fourth-order valence-electron chi connectivity index (χ4n) is 2.29. The van der Waals surface area contributed by atoms with E-state index in [2.05, 4.69) is 15.6 Å². The molecule has 6 heteroatoms.